The van der Waals surface area contributed by atoms with E-state index < -0.39 is 0 Å². The first kappa shape index (κ1) is 18.2. The second-order valence-electron chi connectivity index (χ2n) is 7.14. The van der Waals surface area contributed by atoms with Gasteiger partial charge in [-0.25, -0.2) is 15.0 Å². The zero-order valence-electron chi connectivity index (χ0n) is 16.2. The molecule has 1 amide bonds. The number of likely N-dealkylation sites (N-methyl/N-ethyl adjacent to an activating group) is 1. The highest BCUT2D eigenvalue weighted by molar-refractivity contribution is 7.13. The number of thiazole rings is 1. The van der Waals surface area contributed by atoms with Crippen molar-refractivity contribution >= 4 is 28.7 Å². The number of ether oxygens (including phenoxy) is 1. The van der Waals surface area contributed by atoms with Gasteiger partial charge in [-0.05, 0) is 12.8 Å². The van der Waals surface area contributed by atoms with Gasteiger partial charge in [0, 0.05) is 25.2 Å². The largest absolute Gasteiger partial charge is 0.379 e. The van der Waals surface area contributed by atoms with Crippen molar-refractivity contribution in [1.29, 1.82) is 0 Å². The van der Waals surface area contributed by atoms with E-state index in [9.17, 15) is 4.79 Å². The summed E-state index contributed by atoms with van der Waals surface area (Å²) in [5.74, 6) is 1.39. The zero-order valence-corrected chi connectivity index (χ0v) is 17.0. The highest BCUT2D eigenvalue weighted by atomic mass is 32.1. The van der Waals surface area contributed by atoms with Gasteiger partial charge in [0.15, 0.2) is 11.6 Å². The normalized spacial score (nSPS) is 21.7. The van der Waals surface area contributed by atoms with Crippen molar-refractivity contribution in [1.82, 2.24) is 25.1 Å². The Hall–Kier alpha value is -2.85. The van der Waals surface area contributed by atoms with Crippen LogP contribution < -0.4 is 9.80 Å². The molecular weight excluding hydrogens is 390 g/mol. The maximum atomic E-state index is 13.0. The van der Waals surface area contributed by atoms with Crippen LogP contribution in [0.25, 0.3) is 22.1 Å². The van der Waals surface area contributed by atoms with Crippen molar-refractivity contribution in [2.75, 3.05) is 30.1 Å². The lowest BCUT2D eigenvalue weighted by atomic mass is 10.0. The number of carbonyl (C=O) groups is 1. The number of anilines is 2. The number of H-pyrrole nitrogens is 1. The number of hydrogen-bond donors (Lipinski definition) is 1. The molecule has 29 heavy (non-hydrogen) atoms. The van der Waals surface area contributed by atoms with Crippen molar-refractivity contribution in [3.8, 4) is 22.1 Å². The lowest BCUT2D eigenvalue weighted by Gasteiger charge is -2.43. The molecule has 2 aliphatic heterocycles. The standard InChI is InChI=1S/C19H21N7O2S/c1-3-13-19(27)25(2)14-9-21-16(23-17(14)26(13)11-4-6-28-10-11)12-8-22-24-15(12)18-20-5-7-29-18/h5,7-9,11,13H,3-4,6,10H2,1-2H3,(H,22,24). The van der Waals surface area contributed by atoms with Crippen LogP contribution in [0.2, 0.25) is 0 Å². The van der Waals surface area contributed by atoms with Crippen molar-refractivity contribution in [3.05, 3.63) is 24.0 Å². The molecule has 0 aliphatic carbocycles. The molecule has 2 aliphatic rings. The fourth-order valence-corrected chi connectivity index (χ4v) is 4.68. The number of nitrogens with zero attached hydrogens (tertiary/aromatic N) is 6. The highest BCUT2D eigenvalue weighted by Gasteiger charge is 2.41. The molecule has 1 fully saturated rings. The Morgan fingerprint density at radius 2 is 2.24 bits per heavy atom. The monoisotopic (exact) mass is 411 g/mol. The minimum absolute atomic E-state index is 0.0648. The summed E-state index contributed by atoms with van der Waals surface area (Å²) in [5.41, 5.74) is 2.30. The van der Waals surface area contributed by atoms with Crippen molar-refractivity contribution in [3.63, 3.8) is 0 Å². The van der Waals surface area contributed by atoms with Crippen molar-refractivity contribution in [2.45, 2.75) is 31.8 Å². The first-order valence-corrected chi connectivity index (χ1v) is 10.5. The van der Waals surface area contributed by atoms with Gasteiger partial charge in [0.1, 0.15) is 22.4 Å². The van der Waals surface area contributed by atoms with E-state index in [4.69, 9.17) is 9.72 Å². The average molecular weight is 411 g/mol. The van der Waals surface area contributed by atoms with Gasteiger partial charge in [0.05, 0.1) is 30.6 Å². The minimum Gasteiger partial charge on any atom is -0.379 e. The van der Waals surface area contributed by atoms with E-state index in [0.717, 1.165) is 34.2 Å². The molecule has 2 atom stereocenters. The van der Waals surface area contributed by atoms with Gasteiger partial charge in [0.25, 0.3) is 0 Å². The summed E-state index contributed by atoms with van der Waals surface area (Å²) >= 11 is 1.53. The van der Waals surface area contributed by atoms with Crippen molar-refractivity contribution in [2.24, 2.45) is 0 Å². The van der Waals surface area contributed by atoms with Gasteiger partial charge < -0.3 is 14.5 Å². The van der Waals surface area contributed by atoms with Crippen LogP contribution in [0.4, 0.5) is 11.5 Å². The van der Waals surface area contributed by atoms with Crippen molar-refractivity contribution < 1.29 is 9.53 Å². The maximum absolute atomic E-state index is 13.0. The Balaban J connectivity index is 1.64. The number of fused-ring (bicyclic) bond motifs is 1. The van der Waals surface area contributed by atoms with E-state index in [1.165, 1.54) is 11.3 Å². The van der Waals surface area contributed by atoms with Crippen LogP contribution >= 0.6 is 11.3 Å². The first-order chi connectivity index (χ1) is 14.2. The van der Waals surface area contributed by atoms with E-state index >= 15 is 0 Å². The highest BCUT2D eigenvalue weighted by Crippen LogP contribution is 2.39. The quantitative estimate of drug-likeness (QED) is 0.703. The molecule has 2 unspecified atom stereocenters. The van der Waals surface area contributed by atoms with Gasteiger partial charge >= 0.3 is 0 Å². The summed E-state index contributed by atoms with van der Waals surface area (Å²) in [6.07, 6.45) is 6.78. The molecule has 150 valence electrons. The third-order valence-electron chi connectivity index (χ3n) is 5.52. The predicted molar refractivity (Wildman–Crippen MR) is 110 cm³/mol. The third-order valence-corrected chi connectivity index (χ3v) is 6.31. The molecule has 0 spiro atoms. The van der Waals surface area contributed by atoms with E-state index in [2.05, 4.69) is 25.1 Å². The molecule has 9 nitrogen and oxygen atoms in total. The number of amides is 1. The molecule has 10 heteroatoms. The molecule has 0 saturated carbocycles. The van der Waals surface area contributed by atoms with Gasteiger partial charge in [-0.15, -0.1) is 11.3 Å². The maximum Gasteiger partial charge on any atom is 0.249 e. The van der Waals surface area contributed by atoms with Crippen LogP contribution in [-0.2, 0) is 9.53 Å². The Morgan fingerprint density at radius 1 is 1.34 bits per heavy atom. The number of aromatic nitrogens is 5. The molecule has 1 saturated heterocycles. The molecule has 0 aromatic carbocycles. The number of hydrogen-bond acceptors (Lipinski definition) is 8. The number of rotatable bonds is 4. The fraction of sp³-hybridized carbons (Fsp3) is 0.421. The van der Waals surface area contributed by atoms with Gasteiger partial charge in [-0.2, -0.15) is 5.10 Å². The number of nitrogens with one attached hydrogen (secondary N) is 1. The molecular formula is C19H21N7O2S. The Bertz CT molecular complexity index is 1030. The van der Waals surface area contributed by atoms with E-state index in [-0.39, 0.29) is 18.0 Å². The Kier molecular flexibility index (Phi) is 4.51. The summed E-state index contributed by atoms with van der Waals surface area (Å²) < 4.78 is 5.62. The second kappa shape index (κ2) is 7.20. The lowest BCUT2D eigenvalue weighted by molar-refractivity contribution is -0.120. The average Bonchev–Trinajstić information content (AvgIpc) is 3.51. The molecule has 3 aromatic heterocycles. The lowest BCUT2D eigenvalue weighted by Crippen LogP contribution is -2.56. The zero-order chi connectivity index (χ0) is 20.0. The van der Waals surface area contributed by atoms with Crippen LogP contribution in [0, 0.1) is 0 Å². The third kappa shape index (κ3) is 2.90. The number of aromatic amines is 1. The van der Waals surface area contributed by atoms with Gasteiger partial charge in [-0.1, -0.05) is 6.92 Å². The summed E-state index contributed by atoms with van der Waals surface area (Å²) in [7, 11) is 1.79. The van der Waals surface area contributed by atoms with Crippen LogP contribution in [0.3, 0.4) is 0 Å². The summed E-state index contributed by atoms with van der Waals surface area (Å²) in [4.78, 5) is 30.6. The minimum atomic E-state index is -0.260. The van der Waals surface area contributed by atoms with Crippen LogP contribution in [0.15, 0.2) is 24.0 Å². The summed E-state index contributed by atoms with van der Waals surface area (Å²) in [6, 6.07) is -0.133. The predicted octanol–water partition coefficient (Wildman–Crippen LogP) is 2.34. The van der Waals surface area contributed by atoms with E-state index in [0.29, 0.717) is 25.5 Å². The van der Waals surface area contributed by atoms with E-state index in [1.807, 2.05) is 12.3 Å². The smallest absolute Gasteiger partial charge is 0.249 e. The summed E-state index contributed by atoms with van der Waals surface area (Å²) in [6.45, 7) is 3.33. The molecule has 0 bridgehead atoms. The van der Waals surface area contributed by atoms with E-state index in [1.54, 1.807) is 30.5 Å². The molecule has 3 aromatic rings. The Labute approximate surface area is 171 Å². The van der Waals surface area contributed by atoms with Crippen LogP contribution in [0.5, 0.6) is 0 Å². The fourth-order valence-electron chi connectivity index (χ4n) is 4.04. The SMILES string of the molecule is CCC1C(=O)N(C)c2cnc(-c3cn[nH]c3-c3nccs3)nc2N1C1CCOC1. The molecule has 5 heterocycles. The second-order valence-corrected chi connectivity index (χ2v) is 8.04. The summed E-state index contributed by atoms with van der Waals surface area (Å²) in [5, 5.41) is 9.94. The topological polar surface area (TPSA) is 100 Å². The van der Waals surface area contributed by atoms with Gasteiger partial charge in [0.2, 0.25) is 5.91 Å². The first-order valence-electron chi connectivity index (χ1n) is 9.63. The molecule has 5 rings (SSSR count). The van der Waals surface area contributed by atoms with Crippen LogP contribution in [-0.4, -0.2) is 63.4 Å². The number of carbonyl (C=O) groups excluding carboxylic acids is 1. The molecule has 1 N–H and O–H groups in total. The van der Waals surface area contributed by atoms with Gasteiger partial charge in [-0.3, -0.25) is 9.89 Å². The van der Waals surface area contributed by atoms with Crippen LogP contribution in [0.1, 0.15) is 19.8 Å². The Morgan fingerprint density at radius 3 is 2.97 bits per heavy atom. The molecule has 0 radical (unpaired) electrons.